The number of amides is 2. The summed E-state index contributed by atoms with van der Waals surface area (Å²) < 4.78 is 53.9. The second-order valence-electron chi connectivity index (χ2n) is 9.68. The number of carbonyl (C=O) groups is 2. The lowest BCUT2D eigenvalue weighted by molar-refractivity contribution is -0.0118. The molecule has 0 aliphatic carbocycles. The van der Waals surface area contributed by atoms with Gasteiger partial charge in [0.15, 0.2) is 17.7 Å². The molecule has 2 heterocycles. The first-order valence-electron chi connectivity index (χ1n) is 12.3. The molecule has 3 aromatic carbocycles. The number of nitrogens with zero attached hydrogens (tertiary/aromatic N) is 2. The number of methoxy groups -OCH3 is 2. The lowest BCUT2D eigenvalue weighted by atomic mass is 9.85. The third kappa shape index (κ3) is 4.46. The highest BCUT2D eigenvalue weighted by Gasteiger charge is 2.54. The number of ether oxygens (including phenoxy) is 2. The number of hydrogen-bond donors (Lipinski definition) is 0. The van der Waals surface area contributed by atoms with Crippen LogP contribution in [0.2, 0.25) is 0 Å². The van der Waals surface area contributed by atoms with E-state index in [0.717, 1.165) is 12.5 Å². The van der Waals surface area contributed by atoms with Gasteiger partial charge in [-0.1, -0.05) is 24.3 Å². The molecule has 5 rings (SSSR count). The number of benzene rings is 3. The molecule has 3 aromatic rings. The second-order valence-corrected chi connectivity index (χ2v) is 9.68. The Hall–Kier alpha value is -4.01. The number of halogens is 3. The lowest BCUT2D eigenvalue weighted by Crippen LogP contribution is -2.69. The van der Waals surface area contributed by atoms with Crippen molar-refractivity contribution in [1.29, 1.82) is 0 Å². The Morgan fingerprint density at radius 2 is 1.63 bits per heavy atom. The van der Waals surface area contributed by atoms with E-state index in [4.69, 9.17) is 9.47 Å². The van der Waals surface area contributed by atoms with Crippen LogP contribution in [0.25, 0.3) is 0 Å². The van der Waals surface area contributed by atoms with Crippen LogP contribution in [0.15, 0.2) is 60.7 Å². The Morgan fingerprint density at radius 3 is 2.32 bits per heavy atom. The molecule has 198 valence electrons. The molecule has 1 unspecified atom stereocenters. The predicted molar refractivity (Wildman–Crippen MR) is 134 cm³/mol. The molecular formula is C29H27F3N2O4. The Kier molecular flexibility index (Phi) is 6.77. The molecule has 1 spiro atoms. The van der Waals surface area contributed by atoms with Crippen molar-refractivity contribution in [2.75, 3.05) is 33.9 Å². The summed E-state index contributed by atoms with van der Waals surface area (Å²) in [7, 11) is 2.74. The van der Waals surface area contributed by atoms with Crippen molar-refractivity contribution in [3.63, 3.8) is 0 Å². The zero-order valence-electron chi connectivity index (χ0n) is 21.0. The Morgan fingerprint density at radius 1 is 0.921 bits per heavy atom. The molecule has 1 atom stereocenters. The fraction of sp³-hybridized carbons (Fsp3) is 0.310. The van der Waals surface area contributed by atoms with E-state index in [0.29, 0.717) is 24.3 Å². The third-order valence-corrected chi connectivity index (χ3v) is 7.37. The summed E-state index contributed by atoms with van der Waals surface area (Å²) in [5.74, 6) is -1.86. The minimum atomic E-state index is -1.58. The largest absolute Gasteiger partial charge is 0.497 e. The van der Waals surface area contributed by atoms with Gasteiger partial charge in [-0.2, -0.15) is 0 Å². The predicted octanol–water partition coefficient (Wildman–Crippen LogP) is 5.17. The van der Waals surface area contributed by atoms with Crippen molar-refractivity contribution in [1.82, 2.24) is 9.80 Å². The summed E-state index contributed by atoms with van der Waals surface area (Å²) in [5.41, 5.74) is -0.0323. The van der Waals surface area contributed by atoms with E-state index in [1.165, 1.54) is 50.6 Å². The molecule has 0 aromatic heterocycles. The van der Waals surface area contributed by atoms with Crippen LogP contribution in [0.3, 0.4) is 0 Å². The van der Waals surface area contributed by atoms with E-state index in [9.17, 15) is 18.4 Å². The summed E-state index contributed by atoms with van der Waals surface area (Å²) in [5, 5.41) is 0. The summed E-state index contributed by atoms with van der Waals surface area (Å²) >= 11 is 0. The van der Waals surface area contributed by atoms with Gasteiger partial charge in [0, 0.05) is 31.3 Å². The topological polar surface area (TPSA) is 59.1 Å². The number of likely N-dealkylation sites (tertiary alicyclic amines) is 2. The second kappa shape index (κ2) is 10.0. The molecule has 6 nitrogen and oxygen atoms in total. The van der Waals surface area contributed by atoms with Crippen molar-refractivity contribution >= 4 is 11.8 Å². The van der Waals surface area contributed by atoms with Gasteiger partial charge in [-0.25, -0.2) is 13.2 Å². The molecule has 0 N–H and O–H groups in total. The molecule has 0 saturated carbocycles. The van der Waals surface area contributed by atoms with Gasteiger partial charge in [-0.15, -0.1) is 0 Å². The Bertz CT molecular complexity index is 1390. The van der Waals surface area contributed by atoms with Crippen molar-refractivity contribution < 1.29 is 32.2 Å². The standard InChI is InChI=1S/C29H27F3N2O4/c1-37-22-14-23(26(32)24(15-22)38-2)28(36)34-11-5-10-29(34)16-33(17-29)27(35)20-8-3-6-18(12-20)25(31)19-7-4-9-21(30)13-19/h3-4,6-9,12-15,25H,5,10-11,16-17H2,1-2H3. The van der Waals surface area contributed by atoms with Crippen molar-refractivity contribution in [2.45, 2.75) is 24.6 Å². The van der Waals surface area contributed by atoms with E-state index in [1.54, 1.807) is 28.0 Å². The summed E-state index contributed by atoms with van der Waals surface area (Å²) in [6.07, 6.45) is -0.181. The smallest absolute Gasteiger partial charge is 0.257 e. The molecule has 0 bridgehead atoms. The SMILES string of the molecule is COc1cc(OC)c(F)c(C(=O)N2CCCC23CN(C(=O)c2cccc(C(F)c4cccc(F)c4)c2)C3)c1. The number of rotatable bonds is 6. The van der Waals surface area contributed by atoms with Crippen LogP contribution in [0.4, 0.5) is 13.2 Å². The molecule has 2 aliphatic heterocycles. The van der Waals surface area contributed by atoms with Crippen LogP contribution in [0.1, 0.15) is 50.9 Å². The molecule has 2 saturated heterocycles. The first-order valence-corrected chi connectivity index (χ1v) is 12.3. The maximum absolute atomic E-state index is 15.1. The van der Waals surface area contributed by atoms with Crippen molar-refractivity contribution in [3.05, 3.63) is 94.6 Å². The van der Waals surface area contributed by atoms with E-state index in [1.807, 2.05) is 0 Å². The highest BCUT2D eigenvalue weighted by molar-refractivity contribution is 5.98. The fourth-order valence-electron chi connectivity index (χ4n) is 5.40. The first-order chi connectivity index (χ1) is 18.3. The van der Waals surface area contributed by atoms with Crippen LogP contribution in [-0.4, -0.2) is 61.0 Å². The summed E-state index contributed by atoms with van der Waals surface area (Å²) in [4.78, 5) is 29.9. The maximum Gasteiger partial charge on any atom is 0.257 e. The molecule has 0 radical (unpaired) electrons. The molecule has 9 heteroatoms. The Balaban J connectivity index is 1.32. The van der Waals surface area contributed by atoms with E-state index >= 15 is 4.39 Å². The summed E-state index contributed by atoms with van der Waals surface area (Å²) in [6.45, 7) is 1.01. The highest BCUT2D eigenvalue weighted by atomic mass is 19.1. The first kappa shape index (κ1) is 25.6. The zero-order valence-corrected chi connectivity index (χ0v) is 21.0. The van der Waals surface area contributed by atoms with Gasteiger partial charge < -0.3 is 19.3 Å². The van der Waals surface area contributed by atoms with Crippen molar-refractivity contribution in [2.24, 2.45) is 0 Å². The number of hydrogen-bond acceptors (Lipinski definition) is 4. The minimum absolute atomic E-state index is 0.0874. The third-order valence-electron chi connectivity index (χ3n) is 7.37. The van der Waals surface area contributed by atoms with E-state index < -0.39 is 29.3 Å². The molecule has 38 heavy (non-hydrogen) atoms. The van der Waals surface area contributed by atoms with Crippen LogP contribution < -0.4 is 9.47 Å². The van der Waals surface area contributed by atoms with Gasteiger partial charge in [0.25, 0.3) is 11.8 Å². The monoisotopic (exact) mass is 524 g/mol. The van der Waals surface area contributed by atoms with Crippen LogP contribution in [0, 0.1) is 11.6 Å². The zero-order chi connectivity index (χ0) is 27.0. The fourth-order valence-corrected chi connectivity index (χ4v) is 5.40. The number of carbonyl (C=O) groups excluding carboxylic acids is 2. The normalized spacial score (nSPS) is 16.8. The molecule has 2 amide bonds. The average Bonchev–Trinajstić information content (AvgIpc) is 3.37. The van der Waals surface area contributed by atoms with Gasteiger partial charge in [0.1, 0.15) is 11.6 Å². The Labute approximate surface area is 218 Å². The summed E-state index contributed by atoms with van der Waals surface area (Å²) in [6, 6.07) is 14.2. The van der Waals surface area contributed by atoms with Gasteiger partial charge in [0.2, 0.25) is 0 Å². The van der Waals surface area contributed by atoms with Crippen LogP contribution >= 0.6 is 0 Å². The van der Waals surface area contributed by atoms with Gasteiger partial charge in [-0.3, -0.25) is 9.59 Å². The van der Waals surface area contributed by atoms with Crippen LogP contribution in [-0.2, 0) is 0 Å². The van der Waals surface area contributed by atoms with Gasteiger partial charge >= 0.3 is 0 Å². The minimum Gasteiger partial charge on any atom is -0.497 e. The van der Waals surface area contributed by atoms with E-state index in [-0.39, 0.29) is 41.4 Å². The molecule has 2 fully saturated rings. The number of alkyl halides is 1. The molecular weight excluding hydrogens is 497 g/mol. The molecule has 2 aliphatic rings. The van der Waals surface area contributed by atoms with Gasteiger partial charge in [-0.05, 0) is 54.3 Å². The van der Waals surface area contributed by atoms with Crippen molar-refractivity contribution in [3.8, 4) is 11.5 Å². The van der Waals surface area contributed by atoms with Crippen LogP contribution in [0.5, 0.6) is 11.5 Å². The quantitative estimate of drug-likeness (QED) is 0.447. The van der Waals surface area contributed by atoms with E-state index in [2.05, 4.69) is 0 Å². The average molecular weight is 525 g/mol. The lowest BCUT2D eigenvalue weighted by Gasteiger charge is -2.52. The van der Waals surface area contributed by atoms with Gasteiger partial charge in [0.05, 0.1) is 25.3 Å². The highest BCUT2D eigenvalue weighted by Crippen LogP contribution is 2.40. The maximum atomic E-state index is 15.1.